The topological polar surface area (TPSA) is 12.9 Å². The van der Waals surface area contributed by atoms with Gasteiger partial charge in [0, 0.05) is 11.1 Å². The molecule has 0 fully saturated rings. The number of alkyl halides is 3. The van der Waals surface area contributed by atoms with Gasteiger partial charge in [-0.25, -0.2) is 4.98 Å². The second kappa shape index (κ2) is 4.20. The van der Waals surface area contributed by atoms with Crippen molar-refractivity contribution in [2.45, 2.75) is 32.4 Å². The first-order valence-corrected chi connectivity index (χ1v) is 6.03. The highest BCUT2D eigenvalue weighted by Gasteiger charge is 2.39. The lowest BCUT2D eigenvalue weighted by Gasteiger charge is -2.23. The minimum Gasteiger partial charge on any atom is -0.242 e. The van der Waals surface area contributed by atoms with Crippen LogP contribution in [0.4, 0.5) is 13.2 Å². The maximum absolute atomic E-state index is 12.4. The van der Waals surface area contributed by atoms with Crippen LogP contribution in [0.5, 0.6) is 0 Å². The van der Waals surface area contributed by atoms with Crippen LogP contribution in [0.2, 0.25) is 0 Å². The Morgan fingerprint density at radius 1 is 1.44 bits per heavy atom. The van der Waals surface area contributed by atoms with Crippen LogP contribution in [0.15, 0.2) is 11.5 Å². The van der Waals surface area contributed by atoms with Gasteiger partial charge in [0.2, 0.25) is 0 Å². The van der Waals surface area contributed by atoms with Crippen molar-refractivity contribution in [1.82, 2.24) is 4.98 Å². The molecule has 0 aromatic carbocycles. The zero-order chi connectivity index (χ0) is 11.8. The smallest absolute Gasteiger partial charge is 0.242 e. The monoisotopic (exact) mass is 247 g/mol. The van der Waals surface area contributed by atoms with E-state index in [1.807, 2.05) is 12.3 Å². The molecule has 1 atom stereocenters. The van der Waals surface area contributed by atoms with Crippen molar-refractivity contribution in [3.05, 3.63) is 22.2 Å². The normalized spacial score (nSPS) is 22.0. The molecule has 1 heterocycles. The fraction of sp³-hybridized carbons (Fsp3) is 0.545. The Bertz CT molecular complexity index is 406. The van der Waals surface area contributed by atoms with Crippen LogP contribution in [0.3, 0.4) is 0 Å². The Balaban J connectivity index is 2.09. The van der Waals surface area contributed by atoms with Crippen molar-refractivity contribution in [2.24, 2.45) is 5.92 Å². The molecular formula is C11H12F3NS. The van der Waals surface area contributed by atoms with Crippen LogP contribution in [-0.2, 0) is 0 Å². The highest BCUT2D eigenvalue weighted by atomic mass is 32.1. The third-order valence-electron chi connectivity index (χ3n) is 2.77. The van der Waals surface area contributed by atoms with Crippen molar-refractivity contribution in [3.8, 4) is 0 Å². The lowest BCUT2D eigenvalue weighted by atomic mass is 9.89. The Labute approximate surface area is 96.0 Å². The number of aromatic nitrogens is 1. The predicted octanol–water partition coefficient (Wildman–Crippen LogP) is 4.20. The summed E-state index contributed by atoms with van der Waals surface area (Å²) in [5.74, 6) is -1.17. The Morgan fingerprint density at radius 2 is 2.19 bits per heavy atom. The number of hydrogen-bond acceptors (Lipinski definition) is 2. The minimum atomic E-state index is -4.05. The second-order valence-electron chi connectivity index (χ2n) is 4.04. The molecule has 0 amide bonds. The average molecular weight is 247 g/mol. The molecule has 0 spiro atoms. The summed E-state index contributed by atoms with van der Waals surface area (Å²) in [6, 6.07) is 0. The summed E-state index contributed by atoms with van der Waals surface area (Å²) in [4.78, 5) is 4.29. The highest BCUT2D eigenvalue weighted by molar-refractivity contribution is 7.10. The molecule has 88 valence electrons. The van der Waals surface area contributed by atoms with E-state index in [1.54, 1.807) is 6.08 Å². The average Bonchev–Trinajstić information content (AvgIpc) is 2.64. The highest BCUT2D eigenvalue weighted by Crippen LogP contribution is 2.39. The fourth-order valence-corrected chi connectivity index (χ4v) is 2.70. The molecule has 16 heavy (non-hydrogen) atoms. The SMILES string of the molecule is Cc1csc(C2=CCC(C(F)(F)F)CC2)n1. The Kier molecular flexibility index (Phi) is 3.06. The van der Waals surface area contributed by atoms with E-state index in [0.717, 1.165) is 16.3 Å². The minimum absolute atomic E-state index is 0.0947. The molecule has 2 rings (SSSR count). The van der Waals surface area contributed by atoms with Gasteiger partial charge >= 0.3 is 6.18 Å². The fourth-order valence-electron chi connectivity index (χ4n) is 1.83. The van der Waals surface area contributed by atoms with E-state index >= 15 is 0 Å². The van der Waals surface area contributed by atoms with Gasteiger partial charge in [-0.15, -0.1) is 11.3 Å². The molecule has 0 radical (unpaired) electrons. The molecule has 0 N–H and O–H groups in total. The van der Waals surface area contributed by atoms with E-state index in [2.05, 4.69) is 4.98 Å². The van der Waals surface area contributed by atoms with Crippen LogP contribution in [0, 0.1) is 12.8 Å². The Hall–Kier alpha value is -0.840. The van der Waals surface area contributed by atoms with Gasteiger partial charge in [-0.1, -0.05) is 6.08 Å². The molecule has 0 saturated heterocycles. The van der Waals surface area contributed by atoms with Crippen LogP contribution < -0.4 is 0 Å². The van der Waals surface area contributed by atoms with Crippen LogP contribution in [-0.4, -0.2) is 11.2 Å². The van der Waals surface area contributed by atoms with E-state index in [9.17, 15) is 13.2 Å². The van der Waals surface area contributed by atoms with Crippen molar-refractivity contribution in [2.75, 3.05) is 0 Å². The third-order valence-corrected chi connectivity index (χ3v) is 3.80. The first-order chi connectivity index (χ1) is 7.47. The van der Waals surface area contributed by atoms with Crippen molar-refractivity contribution in [3.63, 3.8) is 0 Å². The molecule has 1 nitrogen and oxygen atoms in total. The maximum atomic E-state index is 12.4. The summed E-state index contributed by atoms with van der Waals surface area (Å²) >= 11 is 1.50. The molecule has 1 aliphatic carbocycles. The molecular weight excluding hydrogens is 235 g/mol. The van der Waals surface area contributed by atoms with Gasteiger partial charge < -0.3 is 0 Å². The predicted molar refractivity (Wildman–Crippen MR) is 58.2 cm³/mol. The summed E-state index contributed by atoms with van der Waals surface area (Å²) in [7, 11) is 0. The number of thiazole rings is 1. The summed E-state index contributed by atoms with van der Waals surface area (Å²) in [5, 5.41) is 2.80. The summed E-state index contributed by atoms with van der Waals surface area (Å²) < 4.78 is 37.3. The number of aryl methyl sites for hydroxylation is 1. The summed E-state index contributed by atoms with van der Waals surface area (Å²) in [5.41, 5.74) is 1.90. The van der Waals surface area contributed by atoms with Gasteiger partial charge in [0.25, 0.3) is 0 Å². The van der Waals surface area contributed by atoms with Crippen LogP contribution in [0.25, 0.3) is 5.57 Å². The van der Waals surface area contributed by atoms with Gasteiger partial charge in [0.05, 0.1) is 5.92 Å². The van der Waals surface area contributed by atoms with Gasteiger partial charge in [0.15, 0.2) is 0 Å². The number of halogens is 3. The zero-order valence-electron chi connectivity index (χ0n) is 8.84. The van der Waals surface area contributed by atoms with Crippen molar-refractivity contribution >= 4 is 16.9 Å². The van der Waals surface area contributed by atoms with E-state index in [-0.39, 0.29) is 12.8 Å². The third kappa shape index (κ3) is 2.45. The molecule has 0 bridgehead atoms. The molecule has 1 aromatic heterocycles. The quantitative estimate of drug-likeness (QED) is 0.724. The molecule has 1 aliphatic rings. The largest absolute Gasteiger partial charge is 0.392 e. The van der Waals surface area contributed by atoms with E-state index in [0.29, 0.717) is 6.42 Å². The zero-order valence-corrected chi connectivity index (χ0v) is 9.66. The van der Waals surface area contributed by atoms with Crippen molar-refractivity contribution in [1.29, 1.82) is 0 Å². The maximum Gasteiger partial charge on any atom is 0.392 e. The first kappa shape index (κ1) is 11.6. The summed E-state index contributed by atoms with van der Waals surface area (Å²) in [6.45, 7) is 1.89. The molecule has 5 heteroatoms. The van der Waals surface area contributed by atoms with Gasteiger partial charge in [-0.05, 0) is 31.8 Å². The Morgan fingerprint density at radius 3 is 2.62 bits per heavy atom. The first-order valence-electron chi connectivity index (χ1n) is 5.15. The van der Waals surface area contributed by atoms with Crippen molar-refractivity contribution < 1.29 is 13.2 Å². The van der Waals surface area contributed by atoms with Crippen LogP contribution >= 0.6 is 11.3 Å². The number of allylic oxidation sites excluding steroid dienone is 2. The lowest BCUT2D eigenvalue weighted by molar-refractivity contribution is -0.175. The van der Waals surface area contributed by atoms with Gasteiger partial charge in [0.1, 0.15) is 5.01 Å². The molecule has 0 aliphatic heterocycles. The molecule has 1 unspecified atom stereocenters. The van der Waals surface area contributed by atoms with Gasteiger partial charge in [-0.2, -0.15) is 13.2 Å². The van der Waals surface area contributed by atoms with E-state index in [1.165, 1.54) is 11.3 Å². The standard InChI is InChI=1S/C11H12F3NS/c1-7-6-16-10(15-7)8-2-4-9(5-3-8)11(12,13)14/h2,6,9H,3-5H2,1H3. The molecule has 1 aromatic rings. The second-order valence-corrected chi connectivity index (χ2v) is 4.89. The van der Waals surface area contributed by atoms with E-state index < -0.39 is 12.1 Å². The number of rotatable bonds is 1. The lowest BCUT2D eigenvalue weighted by Crippen LogP contribution is -2.24. The summed E-state index contributed by atoms with van der Waals surface area (Å²) in [6.07, 6.45) is -1.59. The van der Waals surface area contributed by atoms with E-state index in [4.69, 9.17) is 0 Å². The van der Waals surface area contributed by atoms with Crippen LogP contribution in [0.1, 0.15) is 30.0 Å². The number of nitrogens with zero attached hydrogens (tertiary/aromatic N) is 1. The number of hydrogen-bond donors (Lipinski definition) is 0. The van der Waals surface area contributed by atoms with Gasteiger partial charge in [-0.3, -0.25) is 0 Å². The molecule has 0 saturated carbocycles.